The van der Waals surface area contributed by atoms with Crippen LogP contribution in [0.25, 0.3) is 10.1 Å². The lowest BCUT2D eigenvalue weighted by Gasteiger charge is -2.22. The second-order valence-electron chi connectivity index (χ2n) is 5.31. The Morgan fingerprint density at radius 1 is 1.41 bits per heavy atom. The highest BCUT2D eigenvalue weighted by Gasteiger charge is 2.19. The highest BCUT2D eigenvalue weighted by molar-refractivity contribution is 7.21. The molecule has 1 aliphatic heterocycles. The van der Waals surface area contributed by atoms with Crippen molar-refractivity contribution in [1.29, 1.82) is 0 Å². The van der Waals surface area contributed by atoms with Crippen molar-refractivity contribution in [3.8, 4) is 0 Å². The maximum atomic E-state index is 12.3. The van der Waals surface area contributed by atoms with Gasteiger partial charge in [-0.3, -0.25) is 4.79 Å². The van der Waals surface area contributed by atoms with Gasteiger partial charge >= 0.3 is 0 Å². The summed E-state index contributed by atoms with van der Waals surface area (Å²) < 4.78 is 0.942. The standard InChI is InChI=1S/C15H16Cl2N2OS.ClH/c16-10-3-4-11-12(6-10)21-14(13(11)17)15(20)19-8-9-2-1-5-18-7-9;/h3-4,6,9,18H,1-2,5,7-8H2,(H,19,20);1H. The van der Waals surface area contributed by atoms with Crippen LogP contribution in [0, 0.1) is 5.92 Å². The number of halogens is 3. The van der Waals surface area contributed by atoms with Crippen LogP contribution in [0.2, 0.25) is 10.0 Å². The van der Waals surface area contributed by atoms with E-state index in [-0.39, 0.29) is 18.3 Å². The molecule has 1 amide bonds. The molecule has 3 nitrogen and oxygen atoms in total. The zero-order valence-corrected chi connectivity index (χ0v) is 15.0. The highest BCUT2D eigenvalue weighted by atomic mass is 35.5. The minimum Gasteiger partial charge on any atom is -0.351 e. The summed E-state index contributed by atoms with van der Waals surface area (Å²) in [4.78, 5) is 12.9. The first-order valence-electron chi connectivity index (χ1n) is 7.01. The van der Waals surface area contributed by atoms with E-state index in [9.17, 15) is 4.79 Å². The molecule has 1 atom stereocenters. The molecule has 22 heavy (non-hydrogen) atoms. The van der Waals surface area contributed by atoms with E-state index in [0.29, 0.717) is 27.4 Å². The number of amides is 1. The second-order valence-corrected chi connectivity index (χ2v) is 7.17. The zero-order valence-electron chi connectivity index (χ0n) is 11.8. The van der Waals surface area contributed by atoms with Gasteiger partial charge in [0.1, 0.15) is 4.88 Å². The van der Waals surface area contributed by atoms with Gasteiger partial charge in [0, 0.05) is 21.7 Å². The van der Waals surface area contributed by atoms with E-state index in [4.69, 9.17) is 23.2 Å². The largest absolute Gasteiger partial charge is 0.351 e. The maximum Gasteiger partial charge on any atom is 0.262 e. The van der Waals surface area contributed by atoms with Gasteiger partial charge < -0.3 is 10.6 Å². The SMILES string of the molecule is Cl.O=C(NCC1CCCNC1)c1sc2cc(Cl)ccc2c1Cl. The van der Waals surface area contributed by atoms with E-state index in [1.807, 2.05) is 12.1 Å². The molecule has 0 bridgehead atoms. The summed E-state index contributed by atoms with van der Waals surface area (Å²) >= 11 is 13.7. The monoisotopic (exact) mass is 378 g/mol. The lowest BCUT2D eigenvalue weighted by Crippen LogP contribution is -2.37. The number of hydrogen-bond donors (Lipinski definition) is 2. The predicted molar refractivity (Wildman–Crippen MR) is 97.0 cm³/mol. The van der Waals surface area contributed by atoms with E-state index in [1.54, 1.807) is 6.07 Å². The number of hydrogen-bond acceptors (Lipinski definition) is 3. The molecule has 1 aromatic heterocycles. The van der Waals surface area contributed by atoms with E-state index in [2.05, 4.69) is 10.6 Å². The fourth-order valence-corrected chi connectivity index (χ4v) is 4.31. The maximum absolute atomic E-state index is 12.3. The molecular formula is C15H17Cl3N2OS. The summed E-state index contributed by atoms with van der Waals surface area (Å²) in [5.41, 5.74) is 0. The summed E-state index contributed by atoms with van der Waals surface area (Å²) in [6.07, 6.45) is 2.33. The first kappa shape index (κ1) is 17.8. The normalized spacial score (nSPS) is 18.0. The topological polar surface area (TPSA) is 41.1 Å². The van der Waals surface area contributed by atoms with Gasteiger partial charge in [0.15, 0.2) is 0 Å². The van der Waals surface area contributed by atoms with Crippen molar-refractivity contribution in [2.75, 3.05) is 19.6 Å². The van der Waals surface area contributed by atoms with E-state index in [1.165, 1.54) is 17.8 Å². The quantitative estimate of drug-likeness (QED) is 0.832. The molecule has 120 valence electrons. The highest BCUT2D eigenvalue weighted by Crippen LogP contribution is 2.36. The van der Waals surface area contributed by atoms with Crippen LogP contribution in [-0.2, 0) is 0 Å². The number of thiophene rings is 1. The molecule has 0 radical (unpaired) electrons. The molecule has 1 fully saturated rings. The van der Waals surface area contributed by atoms with Crippen LogP contribution in [0.5, 0.6) is 0 Å². The Morgan fingerprint density at radius 2 is 2.23 bits per heavy atom. The number of benzene rings is 1. The van der Waals surface area contributed by atoms with Crippen molar-refractivity contribution in [3.05, 3.63) is 33.1 Å². The molecule has 2 N–H and O–H groups in total. The van der Waals surface area contributed by atoms with Gasteiger partial charge in [-0.15, -0.1) is 23.7 Å². The van der Waals surface area contributed by atoms with Crippen LogP contribution in [0.3, 0.4) is 0 Å². The average molecular weight is 380 g/mol. The van der Waals surface area contributed by atoms with Crippen molar-refractivity contribution in [2.45, 2.75) is 12.8 Å². The Labute approximate surface area is 149 Å². The minimum absolute atomic E-state index is 0. The molecule has 7 heteroatoms. The Balaban J connectivity index is 0.00000176. The summed E-state index contributed by atoms with van der Waals surface area (Å²) in [7, 11) is 0. The molecule has 0 saturated carbocycles. The van der Waals surface area contributed by atoms with E-state index >= 15 is 0 Å². The molecular weight excluding hydrogens is 363 g/mol. The molecule has 2 aromatic rings. The van der Waals surface area contributed by atoms with Crippen LogP contribution in [0.4, 0.5) is 0 Å². The van der Waals surface area contributed by atoms with Gasteiger partial charge in [-0.25, -0.2) is 0 Å². The van der Waals surface area contributed by atoms with Crippen molar-refractivity contribution in [3.63, 3.8) is 0 Å². The fraction of sp³-hybridized carbons (Fsp3) is 0.400. The lowest BCUT2D eigenvalue weighted by atomic mass is 10.00. The predicted octanol–water partition coefficient (Wildman–Crippen LogP) is 4.36. The Morgan fingerprint density at radius 3 is 2.95 bits per heavy atom. The van der Waals surface area contributed by atoms with Crippen LogP contribution < -0.4 is 10.6 Å². The molecule has 1 aliphatic rings. The molecule has 2 heterocycles. The number of rotatable bonds is 3. The average Bonchev–Trinajstić information content (AvgIpc) is 2.82. The molecule has 0 aliphatic carbocycles. The summed E-state index contributed by atoms with van der Waals surface area (Å²) in [5, 5.41) is 8.40. The van der Waals surface area contributed by atoms with E-state index in [0.717, 1.165) is 29.6 Å². The number of fused-ring (bicyclic) bond motifs is 1. The van der Waals surface area contributed by atoms with Crippen LogP contribution in [0.1, 0.15) is 22.5 Å². The first-order valence-corrected chi connectivity index (χ1v) is 8.59. The molecule has 0 spiro atoms. The van der Waals surface area contributed by atoms with Gasteiger partial charge in [0.2, 0.25) is 0 Å². The number of piperidine rings is 1. The van der Waals surface area contributed by atoms with Gasteiger partial charge in [-0.05, 0) is 44.0 Å². The summed E-state index contributed by atoms with van der Waals surface area (Å²) in [5.74, 6) is 0.410. The smallest absolute Gasteiger partial charge is 0.262 e. The molecule has 3 rings (SSSR count). The Bertz CT molecular complexity index is 668. The Hall–Kier alpha value is -0.520. The number of nitrogens with one attached hydrogen (secondary N) is 2. The van der Waals surface area contributed by atoms with Crippen molar-refractivity contribution in [1.82, 2.24) is 10.6 Å². The van der Waals surface area contributed by atoms with E-state index < -0.39 is 0 Å². The van der Waals surface area contributed by atoms with Gasteiger partial charge in [-0.1, -0.05) is 29.3 Å². The van der Waals surface area contributed by atoms with Gasteiger partial charge in [0.05, 0.1) is 5.02 Å². The van der Waals surface area contributed by atoms with Gasteiger partial charge in [0.25, 0.3) is 5.91 Å². The van der Waals surface area contributed by atoms with Crippen molar-refractivity contribution < 1.29 is 4.79 Å². The minimum atomic E-state index is -0.0945. The van der Waals surface area contributed by atoms with Crippen molar-refractivity contribution in [2.24, 2.45) is 5.92 Å². The third-order valence-corrected chi connectivity index (χ3v) is 5.64. The Kier molecular flexibility index (Phi) is 6.36. The van der Waals surface area contributed by atoms with Gasteiger partial charge in [-0.2, -0.15) is 0 Å². The summed E-state index contributed by atoms with van der Waals surface area (Å²) in [6.45, 7) is 2.74. The lowest BCUT2D eigenvalue weighted by molar-refractivity contribution is 0.0949. The van der Waals surface area contributed by atoms with Crippen LogP contribution in [0.15, 0.2) is 18.2 Å². The van der Waals surface area contributed by atoms with Crippen LogP contribution >= 0.6 is 46.9 Å². The molecule has 1 aromatic carbocycles. The second kappa shape index (κ2) is 7.84. The number of carbonyl (C=O) groups is 1. The van der Waals surface area contributed by atoms with Crippen molar-refractivity contribution >= 4 is 62.9 Å². The summed E-state index contributed by atoms with van der Waals surface area (Å²) in [6, 6.07) is 5.49. The fourth-order valence-electron chi connectivity index (χ4n) is 2.60. The number of carbonyl (C=O) groups excluding carboxylic acids is 1. The van der Waals surface area contributed by atoms with Crippen LogP contribution in [-0.4, -0.2) is 25.5 Å². The third-order valence-electron chi connectivity index (χ3n) is 3.75. The third kappa shape index (κ3) is 3.87. The zero-order chi connectivity index (χ0) is 14.8. The molecule has 1 unspecified atom stereocenters. The first-order chi connectivity index (χ1) is 10.1. The molecule has 1 saturated heterocycles.